The van der Waals surface area contributed by atoms with Crippen LogP contribution in [0.25, 0.3) is 0 Å². The Labute approximate surface area is 123 Å². The molecule has 1 rings (SSSR count). The lowest BCUT2D eigenvalue weighted by Crippen LogP contribution is -2.22. The van der Waals surface area contributed by atoms with Crippen LogP contribution in [0.3, 0.4) is 0 Å². The lowest BCUT2D eigenvalue weighted by Gasteiger charge is -2.12. The first-order chi connectivity index (χ1) is 9.44. The molecular weight excluding hydrogens is 276 g/mol. The molecule has 1 aromatic rings. The summed E-state index contributed by atoms with van der Waals surface area (Å²) < 4.78 is 4.77. The van der Waals surface area contributed by atoms with E-state index in [4.69, 9.17) is 10.5 Å². The van der Waals surface area contributed by atoms with Gasteiger partial charge in [0.1, 0.15) is 5.00 Å². The van der Waals surface area contributed by atoms with Gasteiger partial charge in [-0.1, -0.05) is 13.3 Å². The van der Waals surface area contributed by atoms with Crippen LogP contribution in [-0.2, 0) is 9.53 Å². The molecule has 1 atom stereocenters. The van der Waals surface area contributed by atoms with Crippen LogP contribution in [0, 0.1) is 19.8 Å². The number of carbonyl (C=O) groups excluding carboxylic acids is 2. The number of anilines is 1. The summed E-state index contributed by atoms with van der Waals surface area (Å²) in [6.07, 6.45) is 1.22. The van der Waals surface area contributed by atoms with Gasteiger partial charge in [0.2, 0.25) is 5.91 Å². The number of carbonyl (C=O) groups is 2. The number of nitrogens with two attached hydrogens (primary N) is 1. The topological polar surface area (TPSA) is 81.4 Å². The molecule has 0 saturated heterocycles. The number of methoxy groups -OCH3 is 1. The van der Waals surface area contributed by atoms with Crippen LogP contribution in [-0.4, -0.2) is 25.5 Å². The van der Waals surface area contributed by atoms with Gasteiger partial charge in [0.25, 0.3) is 0 Å². The molecule has 3 N–H and O–H groups in total. The fourth-order valence-corrected chi connectivity index (χ4v) is 2.96. The van der Waals surface area contributed by atoms with Crippen molar-refractivity contribution in [2.24, 2.45) is 11.7 Å². The molecule has 6 heteroatoms. The average Bonchev–Trinajstić information content (AvgIpc) is 2.70. The first-order valence-electron chi connectivity index (χ1n) is 6.62. The highest BCUT2D eigenvalue weighted by atomic mass is 32.1. The van der Waals surface area contributed by atoms with E-state index in [1.807, 2.05) is 20.8 Å². The Morgan fingerprint density at radius 2 is 2.05 bits per heavy atom. The zero-order valence-corrected chi connectivity index (χ0v) is 13.2. The summed E-state index contributed by atoms with van der Waals surface area (Å²) >= 11 is 1.39. The van der Waals surface area contributed by atoms with Crippen LogP contribution in [0.15, 0.2) is 0 Å². The normalized spacial score (nSPS) is 12.1. The summed E-state index contributed by atoms with van der Waals surface area (Å²) in [5, 5.41) is 3.37. The van der Waals surface area contributed by atoms with Crippen molar-refractivity contribution in [3.05, 3.63) is 16.0 Å². The van der Waals surface area contributed by atoms with E-state index in [0.29, 0.717) is 23.5 Å². The van der Waals surface area contributed by atoms with Crippen molar-refractivity contribution in [1.82, 2.24) is 0 Å². The number of esters is 1. The predicted octanol–water partition coefficient (Wildman–Crippen LogP) is 2.47. The summed E-state index contributed by atoms with van der Waals surface area (Å²) in [5.41, 5.74) is 6.90. The molecule has 20 heavy (non-hydrogen) atoms. The van der Waals surface area contributed by atoms with E-state index < -0.39 is 5.97 Å². The van der Waals surface area contributed by atoms with Crippen molar-refractivity contribution in [2.45, 2.75) is 33.6 Å². The number of nitrogens with one attached hydrogen (secondary N) is 1. The minimum atomic E-state index is -0.423. The van der Waals surface area contributed by atoms with Crippen molar-refractivity contribution in [3.8, 4) is 0 Å². The van der Waals surface area contributed by atoms with Crippen molar-refractivity contribution in [1.29, 1.82) is 0 Å². The van der Waals surface area contributed by atoms with E-state index in [1.165, 1.54) is 18.4 Å². The Balaban J connectivity index is 2.90. The molecule has 5 nitrogen and oxygen atoms in total. The number of ether oxygens (including phenoxy) is 1. The molecule has 0 saturated carbocycles. The molecule has 0 bridgehead atoms. The Kier molecular flexibility index (Phi) is 6.16. The third-order valence-corrected chi connectivity index (χ3v) is 4.54. The zero-order valence-electron chi connectivity index (χ0n) is 12.4. The fourth-order valence-electron chi connectivity index (χ4n) is 1.90. The number of rotatable bonds is 6. The van der Waals surface area contributed by atoms with Gasteiger partial charge >= 0.3 is 5.97 Å². The Bertz CT molecular complexity index is 493. The Hall–Kier alpha value is -1.40. The maximum absolute atomic E-state index is 12.0. The Morgan fingerprint density at radius 3 is 2.55 bits per heavy atom. The van der Waals surface area contributed by atoms with Crippen LogP contribution in [0.4, 0.5) is 5.00 Å². The van der Waals surface area contributed by atoms with Crippen molar-refractivity contribution in [2.75, 3.05) is 19.0 Å². The standard InChI is InChI=1S/C14H22N2O3S/c1-5-10(7-15)6-11(17)16-13-12(14(18)19-4)8(2)9(3)20-13/h10H,5-7,15H2,1-4H3,(H,16,17). The lowest BCUT2D eigenvalue weighted by molar-refractivity contribution is -0.117. The van der Waals surface area contributed by atoms with Crippen LogP contribution >= 0.6 is 11.3 Å². The zero-order chi connectivity index (χ0) is 15.3. The van der Waals surface area contributed by atoms with Gasteiger partial charge in [-0.15, -0.1) is 11.3 Å². The third kappa shape index (κ3) is 3.80. The number of amides is 1. The molecule has 0 aliphatic heterocycles. The van der Waals surface area contributed by atoms with Gasteiger partial charge in [0, 0.05) is 11.3 Å². The van der Waals surface area contributed by atoms with Crippen molar-refractivity contribution in [3.63, 3.8) is 0 Å². The smallest absolute Gasteiger partial charge is 0.341 e. The highest BCUT2D eigenvalue weighted by Gasteiger charge is 2.22. The molecule has 0 aromatic carbocycles. The second-order valence-electron chi connectivity index (χ2n) is 4.74. The van der Waals surface area contributed by atoms with E-state index >= 15 is 0 Å². The highest BCUT2D eigenvalue weighted by molar-refractivity contribution is 7.16. The van der Waals surface area contributed by atoms with Crippen LogP contribution < -0.4 is 11.1 Å². The molecule has 0 fully saturated rings. The Morgan fingerprint density at radius 1 is 1.40 bits per heavy atom. The van der Waals surface area contributed by atoms with Gasteiger partial charge in [-0.05, 0) is 31.9 Å². The lowest BCUT2D eigenvalue weighted by atomic mass is 10.0. The van der Waals surface area contributed by atoms with Crippen molar-refractivity contribution < 1.29 is 14.3 Å². The monoisotopic (exact) mass is 298 g/mol. The van der Waals surface area contributed by atoms with Gasteiger partial charge in [0.15, 0.2) is 0 Å². The van der Waals surface area contributed by atoms with Gasteiger partial charge in [0.05, 0.1) is 12.7 Å². The molecule has 0 radical (unpaired) electrons. The fraction of sp³-hybridized carbons (Fsp3) is 0.571. The summed E-state index contributed by atoms with van der Waals surface area (Å²) in [6.45, 7) is 6.25. The van der Waals surface area contributed by atoms with Gasteiger partial charge in [-0.2, -0.15) is 0 Å². The maximum Gasteiger partial charge on any atom is 0.341 e. The van der Waals surface area contributed by atoms with Gasteiger partial charge in [-0.3, -0.25) is 4.79 Å². The van der Waals surface area contributed by atoms with E-state index in [1.54, 1.807) is 0 Å². The summed E-state index contributed by atoms with van der Waals surface area (Å²) in [4.78, 5) is 24.8. The third-order valence-electron chi connectivity index (χ3n) is 3.41. The minimum absolute atomic E-state index is 0.117. The molecule has 112 valence electrons. The van der Waals surface area contributed by atoms with E-state index in [0.717, 1.165) is 16.9 Å². The average molecular weight is 298 g/mol. The minimum Gasteiger partial charge on any atom is -0.465 e. The molecule has 0 spiro atoms. The predicted molar refractivity (Wildman–Crippen MR) is 81.2 cm³/mol. The molecule has 0 aliphatic carbocycles. The second-order valence-corrected chi connectivity index (χ2v) is 5.97. The largest absolute Gasteiger partial charge is 0.465 e. The quantitative estimate of drug-likeness (QED) is 0.790. The van der Waals surface area contributed by atoms with Crippen LogP contribution in [0.2, 0.25) is 0 Å². The SMILES string of the molecule is CCC(CN)CC(=O)Nc1sc(C)c(C)c1C(=O)OC. The molecule has 1 amide bonds. The van der Waals surface area contributed by atoms with Crippen LogP contribution in [0.5, 0.6) is 0 Å². The summed E-state index contributed by atoms with van der Waals surface area (Å²) in [5.74, 6) is -0.375. The van der Waals surface area contributed by atoms with E-state index in [9.17, 15) is 9.59 Å². The number of thiophene rings is 1. The number of aryl methyl sites for hydroxylation is 1. The molecule has 0 aliphatic rings. The summed E-state index contributed by atoms with van der Waals surface area (Å²) in [7, 11) is 1.34. The highest BCUT2D eigenvalue weighted by Crippen LogP contribution is 2.33. The first-order valence-corrected chi connectivity index (χ1v) is 7.44. The van der Waals surface area contributed by atoms with E-state index in [2.05, 4.69) is 5.32 Å². The van der Waals surface area contributed by atoms with E-state index in [-0.39, 0.29) is 11.8 Å². The number of hydrogen-bond donors (Lipinski definition) is 2. The number of hydrogen-bond acceptors (Lipinski definition) is 5. The van der Waals surface area contributed by atoms with Crippen molar-refractivity contribution >= 4 is 28.2 Å². The molecular formula is C14H22N2O3S. The van der Waals surface area contributed by atoms with Crippen LogP contribution in [0.1, 0.15) is 40.6 Å². The van der Waals surface area contributed by atoms with Gasteiger partial charge < -0.3 is 15.8 Å². The maximum atomic E-state index is 12.0. The second kappa shape index (κ2) is 7.40. The first kappa shape index (κ1) is 16.7. The summed E-state index contributed by atoms with van der Waals surface area (Å²) in [6, 6.07) is 0. The molecule has 1 heterocycles. The molecule has 1 aromatic heterocycles. The van der Waals surface area contributed by atoms with Gasteiger partial charge in [-0.25, -0.2) is 4.79 Å². The molecule has 1 unspecified atom stereocenters.